The number of unbranched alkanes of at least 4 members (excludes halogenated alkanes) is 19. The first-order valence-corrected chi connectivity index (χ1v) is 18.1. The second kappa shape index (κ2) is 30.5. The largest absolute Gasteiger partial charge is 0.0654 e. The lowest BCUT2D eigenvalue weighted by Crippen LogP contribution is -1.99. The maximum atomic E-state index is 2.51. The van der Waals surface area contributed by atoms with E-state index in [-0.39, 0.29) is 0 Å². The highest BCUT2D eigenvalue weighted by Crippen LogP contribution is 2.23. The molecule has 3 atom stereocenters. The van der Waals surface area contributed by atoms with Crippen LogP contribution in [0.4, 0.5) is 0 Å². The van der Waals surface area contributed by atoms with Crippen molar-refractivity contribution in [2.24, 2.45) is 17.8 Å². The zero-order valence-electron chi connectivity index (χ0n) is 27.2. The lowest BCUT2D eigenvalue weighted by Gasteiger charge is -2.15. The zero-order chi connectivity index (χ0) is 27.2. The van der Waals surface area contributed by atoms with E-state index in [2.05, 4.69) is 34.6 Å². The zero-order valence-corrected chi connectivity index (χ0v) is 27.2. The van der Waals surface area contributed by atoms with Gasteiger partial charge in [-0.05, 0) is 17.8 Å². The first-order chi connectivity index (χ1) is 18.1. The molecule has 0 heteroatoms. The van der Waals surface area contributed by atoms with Crippen LogP contribution in [-0.2, 0) is 0 Å². The van der Waals surface area contributed by atoms with Gasteiger partial charge in [0, 0.05) is 0 Å². The van der Waals surface area contributed by atoms with Crippen molar-refractivity contribution in [3.8, 4) is 0 Å². The number of hydrogen-bond donors (Lipinski definition) is 0. The first-order valence-electron chi connectivity index (χ1n) is 18.1. The van der Waals surface area contributed by atoms with Crippen LogP contribution < -0.4 is 0 Å². The van der Waals surface area contributed by atoms with E-state index in [1.165, 1.54) is 186 Å². The van der Waals surface area contributed by atoms with Gasteiger partial charge in [0.2, 0.25) is 0 Å². The molecule has 37 heavy (non-hydrogen) atoms. The second-order valence-corrected chi connectivity index (χ2v) is 13.5. The smallest absolute Gasteiger partial charge is 0.0443 e. The van der Waals surface area contributed by atoms with Crippen LogP contribution in [0.15, 0.2) is 0 Å². The maximum absolute atomic E-state index is 2.51. The summed E-state index contributed by atoms with van der Waals surface area (Å²) < 4.78 is 0. The lowest BCUT2D eigenvalue weighted by molar-refractivity contribution is 0.387. The summed E-state index contributed by atoms with van der Waals surface area (Å²) in [5.74, 6) is 2.86. The minimum absolute atomic E-state index is 0.950. The molecule has 0 nitrogen and oxygen atoms in total. The minimum Gasteiger partial charge on any atom is -0.0654 e. The van der Waals surface area contributed by atoms with Crippen molar-refractivity contribution in [3.05, 3.63) is 0 Å². The van der Waals surface area contributed by atoms with Gasteiger partial charge in [-0.2, -0.15) is 0 Å². The summed E-state index contributed by atoms with van der Waals surface area (Å²) in [5.41, 5.74) is 0. The molecule has 224 valence electrons. The molecule has 0 bridgehead atoms. The second-order valence-electron chi connectivity index (χ2n) is 13.5. The van der Waals surface area contributed by atoms with Gasteiger partial charge in [0.15, 0.2) is 0 Å². The van der Waals surface area contributed by atoms with E-state index in [0.29, 0.717) is 0 Å². The molecule has 3 unspecified atom stereocenters. The molecule has 0 aliphatic carbocycles. The molecule has 0 aliphatic heterocycles. The molecule has 0 spiro atoms. The summed E-state index contributed by atoms with van der Waals surface area (Å²) in [6.45, 7) is 12.1. The molecule has 0 aromatic heterocycles. The molecule has 0 amide bonds. The van der Waals surface area contributed by atoms with E-state index >= 15 is 0 Å². The van der Waals surface area contributed by atoms with Crippen LogP contribution in [0.3, 0.4) is 0 Å². The van der Waals surface area contributed by atoms with Gasteiger partial charge < -0.3 is 0 Å². The van der Waals surface area contributed by atoms with Crippen molar-refractivity contribution < 1.29 is 0 Å². The molecule has 0 aliphatic rings. The van der Waals surface area contributed by atoms with Gasteiger partial charge in [0.1, 0.15) is 0 Å². The standard InChI is InChI=1S/C37H76/c1-6-8-10-12-14-16-17-19-21-24-29-35(3)30-26-22-23-27-32-37(5)34-28-33-36(4)31-25-20-18-15-13-11-9-7-2/h35-37H,6-34H2,1-5H3. The molecule has 0 radical (unpaired) electrons. The van der Waals surface area contributed by atoms with Crippen LogP contribution >= 0.6 is 0 Å². The van der Waals surface area contributed by atoms with Crippen molar-refractivity contribution in [1.82, 2.24) is 0 Å². The summed E-state index contributed by atoms with van der Waals surface area (Å²) in [7, 11) is 0. The van der Waals surface area contributed by atoms with Crippen molar-refractivity contribution >= 4 is 0 Å². The van der Waals surface area contributed by atoms with E-state index in [0.717, 1.165) is 17.8 Å². The van der Waals surface area contributed by atoms with Crippen LogP contribution in [0.5, 0.6) is 0 Å². The van der Waals surface area contributed by atoms with E-state index in [1.54, 1.807) is 0 Å². The van der Waals surface area contributed by atoms with Crippen LogP contribution in [0.25, 0.3) is 0 Å². The Hall–Kier alpha value is 0. The van der Waals surface area contributed by atoms with Crippen molar-refractivity contribution in [3.63, 3.8) is 0 Å². The summed E-state index contributed by atoms with van der Waals surface area (Å²) in [6, 6.07) is 0. The maximum Gasteiger partial charge on any atom is -0.0443 e. The molecule has 0 aromatic rings. The predicted molar refractivity (Wildman–Crippen MR) is 173 cm³/mol. The molecular formula is C37H76. The molecule has 0 N–H and O–H groups in total. The fourth-order valence-corrected chi connectivity index (χ4v) is 6.19. The van der Waals surface area contributed by atoms with Crippen molar-refractivity contribution in [2.45, 2.75) is 221 Å². The van der Waals surface area contributed by atoms with Crippen molar-refractivity contribution in [2.75, 3.05) is 0 Å². The molecule has 0 rings (SSSR count). The third-order valence-corrected chi connectivity index (χ3v) is 9.14. The summed E-state index contributed by atoms with van der Waals surface area (Å²) >= 11 is 0. The Balaban J connectivity index is 3.36. The SMILES string of the molecule is CCCCCCCCCCCCC(C)CCCCCCC(C)CCCC(C)CCCCCCCCCC. The van der Waals surface area contributed by atoms with Crippen molar-refractivity contribution in [1.29, 1.82) is 0 Å². The normalized spacial score (nSPS) is 14.2. The topological polar surface area (TPSA) is 0 Å². The highest BCUT2D eigenvalue weighted by Gasteiger charge is 2.07. The van der Waals surface area contributed by atoms with Gasteiger partial charge in [-0.25, -0.2) is 0 Å². The molecule has 0 saturated heterocycles. The summed E-state index contributed by atoms with van der Waals surface area (Å²) in [4.78, 5) is 0. The van der Waals surface area contributed by atoms with Crippen LogP contribution in [0.2, 0.25) is 0 Å². The van der Waals surface area contributed by atoms with E-state index in [4.69, 9.17) is 0 Å². The van der Waals surface area contributed by atoms with E-state index < -0.39 is 0 Å². The van der Waals surface area contributed by atoms with Gasteiger partial charge in [-0.1, -0.05) is 221 Å². The predicted octanol–water partition coefficient (Wildman–Crippen LogP) is 14.2. The molecule has 0 saturated carbocycles. The fourth-order valence-electron chi connectivity index (χ4n) is 6.19. The Morgan fingerprint density at radius 2 is 0.432 bits per heavy atom. The van der Waals surface area contributed by atoms with Gasteiger partial charge in [-0.15, -0.1) is 0 Å². The highest BCUT2D eigenvalue weighted by atomic mass is 14.1. The van der Waals surface area contributed by atoms with Crippen LogP contribution in [0, 0.1) is 17.8 Å². The average molecular weight is 521 g/mol. The van der Waals surface area contributed by atoms with E-state index in [1.807, 2.05) is 0 Å². The Labute approximate surface area is 238 Å². The number of rotatable bonds is 31. The van der Waals surface area contributed by atoms with Crippen LogP contribution in [0.1, 0.15) is 221 Å². The monoisotopic (exact) mass is 521 g/mol. The Kier molecular flexibility index (Phi) is 30.5. The van der Waals surface area contributed by atoms with Crippen LogP contribution in [-0.4, -0.2) is 0 Å². The highest BCUT2D eigenvalue weighted by molar-refractivity contribution is 4.60. The quantitative estimate of drug-likeness (QED) is 0.0797. The fraction of sp³-hybridized carbons (Fsp3) is 1.00. The molecular weight excluding hydrogens is 444 g/mol. The Bertz CT molecular complexity index is 399. The third kappa shape index (κ3) is 30.4. The Morgan fingerprint density at radius 3 is 0.676 bits per heavy atom. The van der Waals surface area contributed by atoms with Gasteiger partial charge >= 0.3 is 0 Å². The third-order valence-electron chi connectivity index (χ3n) is 9.14. The Morgan fingerprint density at radius 1 is 0.243 bits per heavy atom. The molecule has 0 fully saturated rings. The first kappa shape index (κ1) is 37.0. The van der Waals surface area contributed by atoms with Gasteiger partial charge in [-0.3, -0.25) is 0 Å². The average Bonchev–Trinajstić information content (AvgIpc) is 2.88. The summed E-state index contributed by atoms with van der Waals surface area (Å²) in [5, 5.41) is 0. The number of hydrogen-bond acceptors (Lipinski definition) is 0. The lowest BCUT2D eigenvalue weighted by atomic mass is 9.92. The van der Waals surface area contributed by atoms with Gasteiger partial charge in [0.05, 0.1) is 0 Å². The van der Waals surface area contributed by atoms with E-state index in [9.17, 15) is 0 Å². The molecule has 0 aromatic carbocycles. The van der Waals surface area contributed by atoms with Gasteiger partial charge in [0.25, 0.3) is 0 Å². The molecule has 0 heterocycles. The summed E-state index contributed by atoms with van der Waals surface area (Å²) in [6.07, 6.45) is 42.5. The minimum atomic E-state index is 0.950.